The second-order valence-electron chi connectivity index (χ2n) is 6.25. The van der Waals surface area contributed by atoms with Gasteiger partial charge in [0.05, 0.1) is 12.2 Å². The first kappa shape index (κ1) is 19.5. The largest absolute Gasteiger partial charge is 0.444 e. The molecule has 0 saturated carbocycles. The van der Waals surface area contributed by atoms with Crippen molar-refractivity contribution >= 4 is 11.9 Å². The molecule has 0 aliphatic heterocycles. The molecule has 0 fully saturated rings. The molecule has 0 spiro atoms. The molecule has 1 aromatic carbocycles. The highest BCUT2D eigenvalue weighted by atomic mass is 16.4. The minimum atomic E-state index is 0.00817. The summed E-state index contributed by atoms with van der Waals surface area (Å²) in [5, 5.41) is 6.43. The van der Waals surface area contributed by atoms with Crippen LogP contribution in [0.1, 0.15) is 33.3 Å². The molecule has 140 valence electrons. The maximum absolute atomic E-state index is 12.0. The van der Waals surface area contributed by atoms with Crippen molar-refractivity contribution in [1.82, 2.24) is 20.5 Å². The summed E-state index contributed by atoms with van der Waals surface area (Å²) in [6, 6.07) is 7.69. The van der Waals surface area contributed by atoms with E-state index in [1.54, 1.807) is 26.0 Å². The van der Waals surface area contributed by atoms with Crippen LogP contribution in [0.4, 0.5) is 0 Å². The highest BCUT2D eigenvalue weighted by Crippen LogP contribution is 2.08. The second-order valence-corrected chi connectivity index (χ2v) is 6.25. The molecule has 2 rings (SSSR count). The fraction of sp³-hybridized carbons (Fsp3) is 0.421. The molecule has 0 aliphatic rings. The van der Waals surface area contributed by atoms with Crippen LogP contribution in [0.15, 0.2) is 33.7 Å². The zero-order valence-electron chi connectivity index (χ0n) is 16.1. The van der Waals surface area contributed by atoms with Gasteiger partial charge in [0.25, 0.3) is 5.91 Å². The van der Waals surface area contributed by atoms with E-state index < -0.39 is 0 Å². The predicted octanol–water partition coefficient (Wildman–Crippen LogP) is 1.90. The Morgan fingerprint density at radius 2 is 2.04 bits per heavy atom. The molecular formula is C19H27N5O2. The first-order valence-corrected chi connectivity index (χ1v) is 8.58. The van der Waals surface area contributed by atoms with Gasteiger partial charge in [0, 0.05) is 33.3 Å². The Labute approximate surface area is 154 Å². The minimum Gasteiger partial charge on any atom is -0.444 e. The van der Waals surface area contributed by atoms with Crippen LogP contribution in [0.2, 0.25) is 0 Å². The highest BCUT2D eigenvalue weighted by Gasteiger charge is 2.09. The third-order valence-corrected chi connectivity index (χ3v) is 3.99. The van der Waals surface area contributed by atoms with Gasteiger partial charge in [0.2, 0.25) is 5.89 Å². The second kappa shape index (κ2) is 9.03. The van der Waals surface area contributed by atoms with Crippen molar-refractivity contribution in [3.8, 4) is 0 Å². The SMILES string of the molecule is CN=C(NCCc1cccc(C(=O)N(C)C)c1)NCc1nc(C)c(C)o1. The number of carbonyl (C=O) groups is 1. The van der Waals surface area contributed by atoms with Crippen molar-refractivity contribution in [1.29, 1.82) is 0 Å². The molecule has 0 bridgehead atoms. The number of oxazole rings is 1. The smallest absolute Gasteiger partial charge is 0.253 e. The average Bonchev–Trinajstić information content (AvgIpc) is 2.95. The number of guanidine groups is 1. The lowest BCUT2D eigenvalue weighted by molar-refractivity contribution is 0.0827. The van der Waals surface area contributed by atoms with E-state index >= 15 is 0 Å². The Bertz CT molecular complexity index is 760. The summed E-state index contributed by atoms with van der Waals surface area (Å²) in [5.74, 6) is 2.16. The first-order chi connectivity index (χ1) is 12.4. The number of aliphatic imine (C=N–C) groups is 1. The van der Waals surface area contributed by atoms with Gasteiger partial charge in [-0.25, -0.2) is 4.98 Å². The number of amides is 1. The van der Waals surface area contributed by atoms with Gasteiger partial charge in [-0.2, -0.15) is 0 Å². The van der Waals surface area contributed by atoms with E-state index in [-0.39, 0.29) is 5.91 Å². The van der Waals surface area contributed by atoms with E-state index in [4.69, 9.17) is 4.42 Å². The molecule has 1 aromatic heterocycles. The molecular weight excluding hydrogens is 330 g/mol. The molecule has 0 saturated heterocycles. The maximum atomic E-state index is 12.0. The molecule has 7 heteroatoms. The van der Waals surface area contributed by atoms with E-state index in [0.29, 0.717) is 30.5 Å². The van der Waals surface area contributed by atoms with Crippen molar-refractivity contribution in [2.24, 2.45) is 4.99 Å². The topological polar surface area (TPSA) is 82.8 Å². The lowest BCUT2D eigenvalue weighted by Gasteiger charge is -2.12. The number of hydrogen-bond donors (Lipinski definition) is 2. The summed E-state index contributed by atoms with van der Waals surface area (Å²) in [6.45, 7) is 4.99. The van der Waals surface area contributed by atoms with E-state index in [2.05, 4.69) is 20.6 Å². The Morgan fingerprint density at radius 1 is 1.27 bits per heavy atom. The van der Waals surface area contributed by atoms with Crippen LogP contribution < -0.4 is 10.6 Å². The number of carbonyl (C=O) groups excluding carboxylic acids is 1. The molecule has 1 heterocycles. The van der Waals surface area contributed by atoms with Crippen molar-refractivity contribution in [3.63, 3.8) is 0 Å². The highest BCUT2D eigenvalue weighted by molar-refractivity contribution is 5.94. The molecule has 1 amide bonds. The van der Waals surface area contributed by atoms with Gasteiger partial charge < -0.3 is 20.0 Å². The van der Waals surface area contributed by atoms with Crippen molar-refractivity contribution in [2.75, 3.05) is 27.7 Å². The fourth-order valence-electron chi connectivity index (χ4n) is 2.44. The normalized spacial score (nSPS) is 11.3. The van der Waals surface area contributed by atoms with Gasteiger partial charge in [-0.15, -0.1) is 0 Å². The molecule has 0 radical (unpaired) electrons. The Hall–Kier alpha value is -2.83. The molecule has 7 nitrogen and oxygen atoms in total. The zero-order chi connectivity index (χ0) is 19.1. The van der Waals surface area contributed by atoms with Crippen molar-refractivity contribution in [2.45, 2.75) is 26.8 Å². The molecule has 2 aromatic rings. The Kier molecular flexibility index (Phi) is 6.77. The average molecular weight is 357 g/mol. The fourth-order valence-corrected chi connectivity index (χ4v) is 2.44. The summed E-state index contributed by atoms with van der Waals surface area (Å²) in [5.41, 5.74) is 2.70. The molecule has 26 heavy (non-hydrogen) atoms. The number of nitrogens with zero attached hydrogens (tertiary/aromatic N) is 3. The first-order valence-electron chi connectivity index (χ1n) is 8.58. The van der Waals surface area contributed by atoms with Crippen LogP contribution in [0.25, 0.3) is 0 Å². The lowest BCUT2D eigenvalue weighted by Crippen LogP contribution is -2.37. The van der Waals surface area contributed by atoms with Gasteiger partial charge in [-0.1, -0.05) is 12.1 Å². The Morgan fingerprint density at radius 3 is 2.65 bits per heavy atom. The van der Waals surface area contributed by atoms with Gasteiger partial charge >= 0.3 is 0 Å². The van der Waals surface area contributed by atoms with Crippen LogP contribution in [-0.4, -0.2) is 49.4 Å². The van der Waals surface area contributed by atoms with E-state index in [9.17, 15) is 4.79 Å². The number of aromatic nitrogens is 1. The lowest BCUT2D eigenvalue weighted by atomic mass is 10.1. The standard InChI is InChI=1S/C19H27N5O2/c1-13-14(2)26-17(23-13)12-22-19(20-3)21-10-9-15-7-6-8-16(11-15)18(25)24(4)5/h6-8,11H,9-10,12H2,1-5H3,(H2,20,21,22). The van der Waals surface area contributed by atoms with Crippen molar-refractivity contribution < 1.29 is 9.21 Å². The quantitative estimate of drug-likeness (QED) is 0.609. The van der Waals surface area contributed by atoms with Gasteiger partial charge in [0.1, 0.15) is 5.76 Å². The molecule has 2 N–H and O–H groups in total. The monoisotopic (exact) mass is 357 g/mol. The van der Waals surface area contributed by atoms with E-state index in [1.807, 2.05) is 38.1 Å². The van der Waals surface area contributed by atoms with E-state index in [1.165, 1.54) is 0 Å². The summed E-state index contributed by atoms with van der Waals surface area (Å²) in [6.07, 6.45) is 0.784. The van der Waals surface area contributed by atoms with Gasteiger partial charge in [-0.05, 0) is 38.0 Å². The van der Waals surface area contributed by atoms with Gasteiger partial charge in [-0.3, -0.25) is 9.79 Å². The summed E-state index contributed by atoms with van der Waals surface area (Å²) in [7, 11) is 5.23. The third kappa shape index (κ3) is 5.34. The van der Waals surface area contributed by atoms with Crippen LogP contribution in [0.5, 0.6) is 0 Å². The number of benzene rings is 1. The Balaban J connectivity index is 1.83. The summed E-state index contributed by atoms with van der Waals surface area (Å²) >= 11 is 0. The van der Waals surface area contributed by atoms with Gasteiger partial charge in [0.15, 0.2) is 5.96 Å². The minimum absolute atomic E-state index is 0.00817. The van der Waals surface area contributed by atoms with Crippen LogP contribution in [0, 0.1) is 13.8 Å². The maximum Gasteiger partial charge on any atom is 0.253 e. The van der Waals surface area contributed by atoms with E-state index in [0.717, 1.165) is 23.4 Å². The van der Waals surface area contributed by atoms with Crippen LogP contribution in [0.3, 0.4) is 0 Å². The van der Waals surface area contributed by atoms with Crippen LogP contribution >= 0.6 is 0 Å². The number of hydrogen-bond acceptors (Lipinski definition) is 4. The molecule has 0 atom stereocenters. The summed E-state index contributed by atoms with van der Waals surface area (Å²) < 4.78 is 5.55. The summed E-state index contributed by atoms with van der Waals surface area (Å²) in [4.78, 5) is 22.1. The predicted molar refractivity (Wildman–Crippen MR) is 102 cm³/mol. The molecule has 0 aliphatic carbocycles. The van der Waals surface area contributed by atoms with Crippen LogP contribution in [-0.2, 0) is 13.0 Å². The molecule has 0 unspecified atom stereocenters. The number of nitrogens with one attached hydrogen (secondary N) is 2. The zero-order valence-corrected chi connectivity index (χ0v) is 16.1. The van der Waals surface area contributed by atoms with Crippen molar-refractivity contribution in [3.05, 3.63) is 52.7 Å². The number of aryl methyl sites for hydroxylation is 2. The number of rotatable bonds is 6. The third-order valence-electron chi connectivity index (χ3n) is 3.99.